The van der Waals surface area contributed by atoms with Gasteiger partial charge in [-0.2, -0.15) is 13.2 Å². The number of amides is 1. The SMILES string of the molecule is Cc1cc(C(F)(F)F)nc(CCNC(=O)c2ccc3oc(C(C)C)nc3c2)n1. The number of nitrogens with one attached hydrogen (secondary N) is 1. The van der Waals surface area contributed by atoms with Crippen LogP contribution in [-0.4, -0.2) is 27.4 Å². The molecule has 0 fully saturated rings. The molecule has 0 aliphatic carbocycles. The second kappa shape index (κ2) is 7.57. The van der Waals surface area contributed by atoms with E-state index in [2.05, 4.69) is 20.3 Å². The first-order chi connectivity index (χ1) is 13.1. The first kappa shape index (κ1) is 19.8. The van der Waals surface area contributed by atoms with Crippen LogP contribution in [0.3, 0.4) is 0 Å². The van der Waals surface area contributed by atoms with Gasteiger partial charge in [0.15, 0.2) is 11.5 Å². The molecule has 0 atom stereocenters. The van der Waals surface area contributed by atoms with E-state index in [-0.39, 0.29) is 36.3 Å². The molecule has 28 heavy (non-hydrogen) atoms. The van der Waals surface area contributed by atoms with Crippen LogP contribution >= 0.6 is 0 Å². The Morgan fingerprint density at radius 2 is 1.93 bits per heavy atom. The topological polar surface area (TPSA) is 80.9 Å². The van der Waals surface area contributed by atoms with Crippen molar-refractivity contribution in [1.29, 1.82) is 0 Å². The Morgan fingerprint density at radius 1 is 1.18 bits per heavy atom. The Hall–Kier alpha value is -2.97. The van der Waals surface area contributed by atoms with Crippen molar-refractivity contribution >= 4 is 17.0 Å². The van der Waals surface area contributed by atoms with Crippen molar-refractivity contribution < 1.29 is 22.4 Å². The predicted molar refractivity (Wildman–Crippen MR) is 95.9 cm³/mol. The van der Waals surface area contributed by atoms with Gasteiger partial charge in [-0.3, -0.25) is 4.79 Å². The first-order valence-electron chi connectivity index (χ1n) is 8.74. The van der Waals surface area contributed by atoms with Crippen LogP contribution in [-0.2, 0) is 12.6 Å². The molecule has 0 saturated carbocycles. The zero-order chi connectivity index (χ0) is 20.5. The number of rotatable bonds is 5. The molecule has 1 N–H and O–H groups in total. The predicted octanol–water partition coefficient (Wildman–Crippen LogP) is 4.04. The minimum Gasteiger partial charge on any atom is -0.440 e. The number of nitrogens with zero attached hydrogens (tertiary/aromatic N) is 3. The summed E-state index contributed by atoms with van der Waals surface area (Å²) in [6, 6.07) is 5.78. The van der Waals surface area contributed by atoms with Gasteiger partial charge in [-0.25, -0.2) is 15.0 Å². The molecule has 0 aliphatic heterocycles. The summed E-state index contributed by atoms with van der Waals surface area (Å²) in [6.45, 7) is 5.48. The van der Waals surface area contributed by atoms with E-state index in [0.717, 1.165) is 6.07 Å². The zero-order valence-corrected chi connectivity index (χ0v) is 15.6. The Morgan fingerprint density at radius 3 is 2.61 bits per heavy atom. The minimum atomic E-state index is -4.53. The van der Waals surface area contributed by atoms with Gasteiger partial charge in [0.05, 0.1) is 0 Å². The fourth-order valence-corrected chi connectivity index (χ4v) is 2.61. The van der Waals surface area contributed by atoms with E-state index in [9.17, 15) is 18.0 Å². The van der Waals surface area contributed by atoms with Crippen LogP contribution < -0.4 is 5.32 Å². The van der Waals surface area contributed by atoms with Gasteiger partial charge in [-0.15, -0.1) is 0 Å². The molecule has 3 aromatic rings. The molecule has 0 saturated heterocycles. The molecule has 0 bridgehead atoms. The molecule has 148 valence electrons. The van der Waals surface area contributed by atoms with Gasteiger partial charge < -0.3 is 9.73 Å². The number of fused-ring (bicyclic) bond motifs is 1. The van der Waals surface area contributed by atoms with Gasteiger partial charge >= 0.3 is 6.18 Å². The van der Waals surface area contributed by atoms with Crippen LogP contribution in [0.5, 0.6) is 0 Å². The lowest BCUT2D eigenvalue weighted by Gasteiger charge is -2.09. The van der Waals surface area contributed by atoms with Crippen LogP contribution in [0.25, 0.3) is 11.1 Å². The van der Waals surface area contributed by atoms with Crippen LogP contribution in [0.1, 0.15) is 53.2 Å². The third-order valence-electron chi connectivity index (χ3n) is 3.99. The lowest BCUT2D eigenvalue weighted by atomic mass is 10.2. The van der Waals surface area contributed by atoms with E-state index in [1.54, 1.807) is 18.2 Å². The van der Waals surface area contributed by atoms with Crippen LogP contribution in [0.15, 0.2) is 28.7 Å². The normalized spacial score (nSPS) is 12.0. The smallest absolute Gasteiger partial charge is 0.433 e. The largest absolute Gasteiger partial charge is 0.440 e. The van der Waals surface area contributed by atoms with Crippen LogP contribution in [0, 0.1) is 6.92 Å². The summed E-state index contributed by atoms with van der Waals surface area (Å²) in [5.74, 6) is 0.381. The highest BCUT2D eigenvalue weighted by Gasteiger charge is 2.33. The highest BCUT2D eigenvalue weighted by Crippen LogP contribution is 2.27. The van der Waals surface area contributed by atoms with E-state index < -0.39 is 11.9 Å². The zero-order valence-electron chi connectivity index (χ0n) is 15.6. The highest BCUT2D eigenvalue weighted by molar-refractivity contribution is 5.97. The van der Waals surface area contributed by atoms with Crippen LogP contribution in [0.2, 0.25) is 0 Å². The standard InChI is InChI=1S/C19H19F3N4O2/c1-10(2)18-25-13-9-12(4-5-14(13)28-18)17(27)23-7-6-16-24-11(3)8-15(26-16)19(20,21)22/h4-5,8-10H,6-7H2,1-3H3,(H,23,27). The molecular weight excluding hydrogens is 373 g/mol. The highest BCUT2D eigenvalue weighted by atomic mass is 19.4. The van der Waals surface area contributed by atoms with E-state index in [0.29, 0.717) is 22.6 Å². The summed E-state index contributed by atoms with van der Waals surface area (Å²) < 4.78 is 44.1. The van der Waals surface area contributed by atoms with E-state index in [4.69, 9.17) is 4.42 Å². The van der Waals surface area contributed by atoms with Gasteiger partial charge in [-0.05, 0) is 31.2 Å². The molecule has 0 unspecified atom stereocenters. The quantitative estimate of drug-likeness (QED) is 0.709. The number of hydrogen-bond donors (Lipinski definition) is 1. The average Bonchev–Trinajstić information content (AvgIpc) is 3.04. The first-order valence-corrected chi connectivity index (χ1v) is 8.74. The van der Waals surface area contributed by atoms with Crippen molar-refractivity contribution in [3.8, 4) is 0 Å². The molecule has 3 rings (SSSR count). The molecule has 1 amide bonds. The minimum absolute atomic E-state index is 0.0288. The number of carbonyl (C=O) groups excluding carboxylic acids is 1. The fourth-order valence-electron chi connectivity index (χ4n) is 2.61. The summed E-state index contributed by atoms with van der Waals surface area (Å²) in [5.41, 5.74) is 0.790. The summed E-state index contributed by atoms with van der Waals surface area (Å²) >= 11 is 0. The van der Waals surface area contributed by atoms with Gasteiger partial charge in [0.25, 0.3) is 5.91 Å². The van der Waals surface area contributed by atoms with Crippen molar-refractivity contribution in [2.75, 3.05) is 6.54 Å². The second-order valence-corrected chi connectivity index (χ2v) is 6.70. The lowest BCUT2D eigenvalue weighted by Crippen LogP contribution is -2.26. The monoisotopic (exact) mass is 392 g/mol. The maximum atomic E-state index is 12.8. The summed E-state index contributed by atoms with van der Waals surface area (Å²) in [6.07, 6.45) is -4.45. The Kier molecular flexibility index (Phi) is 5.35. The molecule has 9 heteroatoms. The second-order valence-electron chi connectivity index (χ2n) is 6.70. The summed E-state index contributed by atoms with van der Waals surface area (Å²) in [5, 5.41) is 2.66. The number of aromatic nitrogens is 3. The molecule has 0 aliphatic rings. The molecule has 0 spiro atoms. The van der Waals surface area contributed by atoms with E-state index in [1.807, 2.05) is 13.8 Å². The Bertz CT molecular complexity index is 1010. The van der Waals surface area contributed by atoms with Crippen molar-refractivity contribution in [1.82, 2.24) is 20.3 Å². The van der Waals surface area contributed by atoms with Gasteiger partial charge in [0.2, 0.25) is 0 Å². The van der Waals surface area contributed by atoms with Crippen LogP contribution in [0.4, 0.5) is 13.2 Å². The van der Waals surface area contributed by atoms with Gasteiger partial charge in [0.1, 0.15) is 17.0 Å². The molecule has 6 nitrogen and oxygen atoms in total. The van der Waals surface area contributed by atoms with Crippen molar-refractivity contribution in [2.45, 2.75) is 39.3 Å². The number of carbonyl (C=O) groups is 1. The number of alkyl halides is 3. The van der Waals surface area contributed by atoms with Crippen molar-refractivity contribution in [2.24, 2.45) is 0 Å². The maximum Gasteiger partial charge on any atom is 0.433 e. The number of halogens is 3. The van der Waals surface area contributed by atoms with Gasteiger partial charge in [-0.1, -0.05) is 13.8 Å². The third-order valence-corrected chi connectivity index (χ3v) is 3.99. The Balaban J connectivity index is 1.66. The number of oxazole rings is 1. The summed E-state index contributed by atoms with van der Waals surface area (Å²) in [7, 11) is 0. The number of aryl methyl sites for hydroxylation is 1. The fraction of sp³-hybridized carbons (Fsp3) is 0.368. The molecular formula is C19H19F3N4O2. The molecule has 0 radical (unpaired) electrons. The maximum absolute atomic E-state index is 12.8. The Labute approximate surface area is 159 Å². The number of hydrogen-bond acceptors (Lipinski definition) is 5. The van der Waals surface area contributed by atoms with Gasteiger partial charge in [0, 0.05) is 30.1 Å². The van der Waals surface area contributed by atoms with Crippen molar-refractivity contribution in [3.63, 3.8) is 0 Å². The van der Waals surface area contributed by atoms with E-state index in [1.165, 1.54) is 6.92 Å². The average molecular weight is 392 g/mol. The lowest BCUT2D eigenvalue weighted by molar-refractivity contribution is -0.141. The summed E-state index contributed by atoms with van der Waals surface area (Å²) in [4.78, 5) is 24.2. The van der Waals surface area contributed by atoms with E-state index >= 15 is 0 Å². The number of benzene rings is 1. The molecule has 2 aromatic heterocycles. The third kappa shape index (κ3) is 4.47. The van der Waals surface area contributed by atoms with Crippen molar-refractivity contribution in [3.05, 3.63) is 52.9 Å². The molecule has 1 aromatic carbocycles. The molecule has 2 heterocycles.